The average Bonchev–Trinajstić information content (AvgIpc) is 3.17. The van der Waals surface area contributed by atoms with E-state index in [9.17, 15) is 14.7 Å². The molecule has 0 unspecified atom stereocenters. The topological polar surface area (TPSA) is 116 Å². The summed E-state index contributed by atoms with van der Waals surface area (Å²) in [4.78, 5) is 23.7. The number of hydrogen-bond acceptors (Lipinski definition) is 5. The summed E-state index contributed by atoms with van der Waals surface area (Å²) in [5.74, 6) is 0.434. The minimum atomic E-state index is -0.487. The van der Waals surface area contributed by atoms with Gasteiger partial charge in [0.25, 0.3) is 5.91 Å². The van der Waals surface area contributed by atoms with E-state index in [2.05, 4.69) is 21.2 Å². The van der Waals surface area contributed by atoms with E-state index in [-0.39, 0.29) is 29.7 Å². The smallest absolute Gasteiger partial charge is 0.315 e. The van der Waals surface area contributed by atoms with Crippen LogP contribution in [0.25, 0.3) is 0 Å². The Morgan fingerprint density at radius 2 is 1.68 bits per heavy atom. The lowest BCUT2D eigenvalue weighted by atomic mass is 9.78. The number of phenols is 1. The molecule has 0 aliphatic rings. The van der Waals surface area contributed by atoms with E-state index in [1.165, 1.54) is 12.5 Å². The molecule has 0 atom stereocenters. The number of urea groups is 1. The zero-order valence-electron chi connectivity index (χ0n) is 19.0. The van der Waals surface area contributed by atoms with Crippen LogP contribution in [0.5, 0.6) is 5.75 Å². The van der Waals surface area contributed by atoms with E-state index >= 15 is 0 Å². The summed E-state index contributed by atoms with van der Waals surface area (Å²) >= 11 is 0. The highest BCUT2D eigenvalue weighted by Crippen LogP contribution is 2.39. The average molecular weight is 429 g/mol. The number of carbonyl (C=O) groups excluding carboxylic acids is 2. The van der Waals surface area contributed by atoms with Gasteiger partial charge in [0, 0.05) is 11.1 Å². The maximum absolute atomic E-state index is 12.0. The second-order valence-electron chi connectivity index (χ2n) is 9.37. The monoisotopic (exact) mass is 428 g/mol. The highest BCUT2D eigenvalue weighted by molar-refractivity contribution is 5.86. The van der Waals surface area contributed by atoms with Crippen molar-refractivity contribution in [3.05, 3.63) is 53.0 Å². The lowest BCUT2D eigenvalue weighted by Gasteiger charge is -2.27. The summed E-state index contributed by atoms with van der Waals surface area (Å²) in [6.07, 6.45) is 3.04. The number of phenolic OH excluding ortho intramolecular Hbond substituents is 1. The number of benzene rings is 1. The van der Waals surface area contributed by atoms with E-state index in [0.29, 0.717) is 5.76 Å². The fourth-order valence-electron chi connectivity index (χ4n) is 2.90. The van der Waals surface area contributed by atoms with E-state index in [0.717, 1.165) is 16.7 Å². The summed E-state index contributed by atoms with van der Waals surface area (Å²) < 4.78 is 5.11. The molecule has 0 saturated heterocycles. The van der Waals surface area contributed by atoms with Crippen molar-refractivity contribution >= 4 is 18.2 Å². The molecule has 1 heterocycles. The molecule has 8 heteroatoms. The van der Waals surface area contributed by atoms with Gasteiger partial charge >= 0.3 is 6.03 Å². The molecule has 0 aliphatic carbocycles. The van der Waals surface area contributed by atoms with Crippen molar-refractivity contribution in [3.63, 3.8) is 0 Å². The normalized spacial score (nSPS) is 12.1. The third-order valence-corrected chi connectivity index (χ3v) is 4.56. The first-order valence-corrected chi connectivity index (χ1v) is 10.1. The number of aromatic hydroxyl groups is 1. The molecule has 0 aliphatic heterocycles. The maximum atomic E-state index is 12.0. The van der Waals surface area contributed by atoms with E-state index < -0.39 is 11.9 Å². The van der Waals surface area contributed by atoms with Crippen LogP contribution >= 0.6 is 0 Å². The number of nitrogens with one attached hydrogen (secondary N) is 3. The molecular formula is C23H32N4O4. The first kappa shape index (κ1) is 24.0. The quantitative estimate of drug-likeness (QED) is 0.416. The highest BCUT2D eigenvalue weighted by atomic mass is 16.3. The molecule has 1 aromatic heterocycles. The van der Waals surface area contributed by atoms with E-state index in [1.807, 2.05) is 53.7 Å². The van der Waals surface area contributed by atoms with Gasteiger partial charge in [0.05, 0.1) is 19.0 Å². The molecular weight excluding hydrogens is 396 g/mol. The summed E-state index contributed by atoms with van der Waals surface area (Å²) in [6, 6.07) is 6.70. The molecule has 2 aromatic rings. The number of carbonyl (C=O) groups is 2. The third kappa shape index (κ3) is 7.16. The van der Waals surface area contributed by atoms with Gasteiger partial charge < -0.3 is 20.2 Å². The van der Waals surface area contributed by atoms with Crippen LogP contribution in [0.3, 0.4) is 0 Å². The molecule has 31 heavy (non-hydrogen) atoms. The van der Waals surface area contributed by atoms with Gasteiger partial charge in [0.2, 0.25) is 0 Å². The van der Waals surface area contributed by atoms with Crippen LogP contribution in [0.4, 0.5) is 4.79 Å². The Labute approximate surface area is 183 Å². The Balaban J connectivity index is 1.96. The van der Waals surface area contributed by atoms with E-state index in [1.54, 1.807) is 12.1 Å². The van der Waals surface area contributed by atoms with Crippen molar-refractivity contribution in [2.45, 2.75) is 58.9 Å². The number of furan rings is 1. The summed E-state index contributed by atoms with van der Waals surface area (Å²) in [5.41, 5.74) is 4.25. The molecule has 0 spiro atoms. The Morgan fingerprint density at radius 3 is 2.19 bits per heavy atom. The lowest BCUT2D eigenvalue weighted by molar-refractivity contribution is -0.120. The van der Waals surface area contributed by atoms with Crippen molar-refractivity contribution in [2.24, 2.45) is 5.10 Å². The molecule has 0 radical (unpaired) electrons. The zero-order chi connectivity index (χ0) is 23.2. The maximum Gasteiger partial charge on any atom is 0.315 e. The lowest BCUT2D eigenvalue weighted by Crippen LogP contribution is -2.40. The molecule has 3 amide bonds. The Bertz CT molecular complexity index is 900. The Hall–Kier alpha value is -3.29. The van der Waals surface area contributed by atoms with Crippen molar-refractivity contribution in [2.75, 3.05) is 6.54 Å². The van der Waals surface area contributed by atoms with Crippen LogP contribution in [0.1, 0.15) is 64.0 Å². The molecule has 0 bridgehead atoms. The van der Waals surface area contributed by atoms with Gasteiger partial charge in [-0.25, -0.2) is 10.2 Å². The summed E-state index contributed by atoms with van der Waals surface area (Å²) in [6.45, 7) is 12.2. The summed E-state index contributed by atoms with van der Waals surface area (Å²) in [5, 5.41) is 19.8. The number of hydrogen-bond donors (Lipinski definition) is 4. The number of hydrazone groups is 1. The predicted molar refractivity (Wildman–Crippen MR) is 120 cm³/mol. The standard InChI is InChI=1S/C23H32N4O4/c1-22(2,3)17-10-15(11-18(20(17)29)23(4,5)6)12-26-27-19(28)14-25-21(30)24-13-16-8-7-9-31-16/h7-12,29H,13-14H2,1-6H3,(H,27,28)(H2,24,25,30)/b26-12+. The van der Waals surface area contributed by atoms with Gasteiger partial charge in [-0.2, -0.15) is 5.10 Å². The van der Waals surface area contributed by atoms with Crippen molar-refractivity contribution in [3.8, 4) is 5.75 Å². The first-order chi connectivity index (χ1) is 14.4. The SMILES string of the molecule is CC(C)(C)c1cc(/C=N/NC(=O)CNC(=O)NCc2ccco2)cc(C(C)(C)C)c1O. The van der Waals surface area contributed by atoms with Crippen LogP contribution in [0.2, 0.25) is 0 Å². The van der Waals surface area contributed by atoms with Gasteiger partial charge in [-0.3, -0.25) is 4.79 Å². The second kappa shape index (κ2) is 9.68. The van der Waals surface area contributed by atoms with Gasteiger partial charge in [-0.15, -0.1) is 0 Å². The molecule has 1 aromatic carbocycles. The molecule has 2 rings (SSSR count). The molecule has 8 nitrogen and oxygen atoms in total. The van der Waals surface area contributed by atoms with Crippen LogP contribution in [-0.4, -0.2) is 29.8 Å². The molecule has 4 N–H and O–H groups in total. The minimum Gasteiger partial charge on any atom is -0.507 e. The first-order valence-electron chi connectivity index (χ1n) is 10.1. The summed E-state index contributed by atoms with van der Waals surface area (Å²) in [7, 11) is 0. The minimum absolute atomic E-state index is 0.225. The Kier molecular flexibility index (Phi) is 7.49. The zero-order valence-corrected chi connectivity index (χ0v) is 19.0. The van der Waals surface area contributed by atoms with Crippen LogP contribution in [0, 0.1) is 0 Å². The van der Waals surface area contributed by atoms with E-state index in [4.69, 9.17) is 4.42 Å². The van der Waals surface area contributed by atoms with Crippen LogP contribution in [-0.2, 0) is 22.2 Å². The van der Waals surface area contributed by atoms with Crippen molar-refractivity contribution in [1.82, 2.24) is 16.1 Å². The van der Waals surface area contributed by atoms with Gasteiger partial charge in [-0.05, 0) is 40.7 Å². The highest BCUT2D eigenvalue weighted by Gasteiger charge is 2.26. The van der Waals surface area contributed by atoms with Crippen LogP contribution < -0.4 is 16.1 Å². The predicted octanol–water partition coefficient (Wildman–Crippen LogP) is 3.53. The van der Waals surface area contributed by atoms with Gasteiger partial charge in [-0.1, -0.05) is 41.5 Å². The van der Waals surface area contributed by atoms with Crippen LogP contribution in [0.15, 0.2) is 40.0 Å². The molecule has 168 valence electrons. The fraction of sp³-hybridized carbons (Fsp3) is 0.435. The third-order valence-electron chi connectivity index (χ3n) is 4.56. The number of nitrogens with zero attached hydrogens (tertiary/aromatic N) is 1. The van der Waals surface area contributed by atoms with Gasteiger partial charge in [0.1, 0.15) is 18.1 Å². The van der Waals surface area contributed by atoms with Crippen molar-refractivity contribution in [1.29, 1.82) is 0 Å². The van der Waals surface area contributed by atoms with Crippen molar-refractivity contribution < 1.29 is 19.1 Å². The Morgan fingerprint density at radius 1 is 1.06 bits per heavy atom. The second-order valence-corrected chi connectivity index (χ2v) is 9.37. The largest absolute Gasteiger partial charge is 0.507 e. The molecule has 0 fully saturated rings. The number of amides is 3. The fourth-order valence-corrected chi connectivity index (χ4v) is 2.90. The molecule has 0 saturated carbocycles. The number of rotatable bonds is 6. The van der Waals surface area contributed by atoms with Gasteiger partial charge in [0.15, 0.2) is 0 Å².